The van der Waals surface area contributed by atoms with Crippen molar-refractivity contribution in [1.29, 1.82) is 0 Å². The molecule has 1 saturated heterocycles. The maximum atomic E-state index is 12.5. The standard InChI is InChI=1S/C19H27NO3S/c1-6-8-20-18(21)17(24-19(20)22)11-14-10-15(12(3)4)16(23-7-2)9-13(14)5/h9-10,12,17H,6-8,11H2,1-5H3/t17-/m0/s1. The lowest BCUT2D eigenvalue weighted by Crippen LogP contribution is -2.32. The van der Waals surface area contributed by atoms with E-state index in [1.807, 2.05) is 20.8 Å². The Bertz CT molecular complexity index is 627. The predicted octanol–water partition coefficient (Wildman–Crippen LogP) is 4.53. The average molecular weight is 349 g/mol. The van der Waals surface area contributed by atoms with Crippen LogP contribution in [0.4, 0.5) is 4.79 Å². The molecule has 1 fully saturated rings. The van der Waals surface area contributed by atoms with Crippen molar-refractivity contribution in [3.63, 3.8) is 0 Å². The first kappa shape index (κ1) is 18.8. The molecule has 24 heavy (non-hydrogen) atoms. The van der Waals surface area contributed by atoms with Gasteiger partial charge < -0.3 is 4.74 Å². The lowest BCUT2D eigenvalue weighted by molar-refractivity contribution is -0.126. The molecular formula is C19H27NO3S. The topological polar surface area (TPSA) is 46.6 Å². The van der Waals surface area contributed by atoms with Crippen LogP contribution in [0.15, 0.2) is 12.1 Å². The number of nitrogens with zero attached hydrogens (tertiary/aromatic N) is 1. The molecule has 1 aliphatic heterocycles. The monoisotopic (exact) mass is 349 g/mol. The first-order valence-electron chi connectivity index (χ1n) is 8.67. The van der Waals surface area contributed by atoms with E-state index in [1.165, 1.54) is 4.90 Å². The number of rotatable bonds is 7. The van der Waals surface area contributed by atoms with Gasteiger partial charge in [0.25, 0.3) is 5.24 Å². The second kappa shape index (κ2) is 8.06. The number of imide groups is 1. The van der Waals surface area contributed by atoms with Crippen LogP contribution in [0.1, 0.15) is 56.7 Å². The van der Waals surface area contributed by atoms with Crippen molar-refractivity contribution in [1.82, 2.24) is 4.90 Å². The fourth-order valence-electron chi connectivity index (χ4n) is 2.95. The van der Waals surface area contributed by atoms with Crippen molar-refractivity contribution in [2.75, 3.05) is 13.2 Å². The van der Waals surface area contributed by atoms with Crippen LogP contribution in [0, 0.1) is 6.92 Å². The summed E-state index contributed by atoms with van der Waals surface area (Å²) in [6, 6.07) is 4.20. The minimum absolute atomic E-state index is 0.0498. The molecule has 2 amide bonds. The van der Waals surface area contributed by atoms with Crippen molar-refractivity contribution in [3.8, 4) is 5.75 Å². The van der Waals surface area contributed by atoms with Crippen LogP contribution in [0.3, 0.4) is 0 Å². The largest absolute Gasteiger partial charge is 0.494 e. The zero-order chi connectivity index (χ0) is 17.9. The number of benzene rings is 1. The van der Waals surface area contributed by atoms with E-state index >= 15 is 0 Å². The molecule has 0 aromatic heterocycles. The molecule has 0 bridgehead atoms. The Morgan fingerprint density at radius 1 is 1.25 bits per heavy atom. The van der Waals surface area contributed by atoms with Gasteiger partial charge in [-0.15, -0.1) is 0 Å². The molecule has 1 heterocycles. The molecule has 0 unspecified atom stereocenters. The van der Waals surface area contributed by atoms with E-state index in [4.69, 9.17) is 4.74 Å². The first-order chi connectivity index (χ1) is 11.4. The lowest BCUT2D eigenvalue weighted by atomic mass is 9.94. The van der Waals surface area contributed by atoms with Crippen molar-refractivity contribution < 1.29 is 14.3 Å². The number of hydrogen-bond donors (Lipinski definition) is 0. The Kier molecular flexibility index (Phi) is 6.33. The Morgan fingerprint density at radius 3 is 2.54 bits per heavy atom. The summed E-state index contributed by atoms with van der Waals surface area (Å²) in [7, 11) is 0. The van der Waals surface area contributed by atoms with E-state index in [0.717, 1.165) is 40.6 Å². The Labute approximate surface area is 148 Å². The van der Waals surface area contributed by atoms with Gasteiger partial charge in [-0.3, -0.25) is 14.5 Å². The molecule has 0 saturated carbocycles. The summed E-state index contributed by atoms with van der Waals surface area (Å²) in [6.07, 6.45) is 1.39. The molecule has 0 radical (unpaired) electrons. The van der Waals surface area contributed by atoms with Crippen LogP contribution in [-0.4, -0.2) is 34.4 Å². The van der Waals surface area contributed by atoms with Crippen LogP contribution >= 0.6 is 11.8 Å². The first-order valence-corrected chi connectivity index (χ1v) is 9.55. The Balaban J connectivity index is 2.25. The van der Waals surface area contributed by atoms with Crippen LogP contribution in [0.25, 0.3) is 0 Å². The van der Waals surface area contributed by atoms with Crippen molar-refractivity contribution in [3.05, 3.63) is 28.8 Å². The van der Waals surface area contributed by atoms with E-state index in [1.54, 1.807) is 0 Å². The highest BCUT2D eigenvalue weighted by Crippen LogP contribution is 2.34. The summed E-state index contributed by atoms with van der Waals surface area (Å²) in [5.74, 6) is 1.21. The maximum absolute atomic E-state index is 12.5. The molecule has 0 spiro atoms. The summed E-state index contributed by atoms with van der Waals surface area (Å²) in [4.78, 5) is 25.9. The Hall–Kier alpha value is -1.49. The summed E-state index contributed by atoms with van der Waals surface area (Å²) in [6.45, 7) is 11.4. The number of amides is 2. The third kappa shape index (κ3) is 3.94. The van der Waals surface area contributed by atoms with Gasteiger partial charge in [0.15, 0.2) is 0 Å². The smallest absolute Gasteiger partial charge is 0.289 e. The van der Waals surface area contributed by atoms with Gasteiger partial charge in [0, 0.05) is 6.54 Å². The highest BCUT2D eigenvalue weighted by Gasteiger charge is 2.39. The number of ether oxygens (including phenoxy) is 1. The fourth-order valence-corrected chi connectivity index (χ4v) is 3.99. The molecule has 0 N–H and O–H groups in total. The zero-order valence-corrected chi connectivity index (χ0v) is 16.0. The van der Waals surface area contributed by atoms with Gasteiger partial charge in [0.05, 0.1) is 11.9 Å². The summed E-state index contributed by atoms with van der Waals surface area (Å²) < 4.78 is 5.76. The third-order valence-electron chi connectivity index (χ3n) is 4.25. The van der Waals surface area contributed by atoms with Gasteiger partial charge in [-0.05, 0) is 55.4 Å². The van der Waals surface area contributed by atoms with E-state index in [0.29, 0.717) is 25.5 Å². The van der Waals surface area contributed by atoms with E-state index in [9.17, 15) is 9.59 Å². The predicted molar refractivity (Wildman–Crippen MR) is 98.9 cm³/mol. The molecule has 1 aromatic rings. The highest BCUT2D eigenvalue weighted by atomic mass is 32.2. The number of carbonyl (C=O) groups excluding carboxylic acids is 2. The van der Waals surface area contributed by atoms with Gasteiger partial charge >= 0.3 is 0 Å². The third-order valence-corrected chi connectivity index (χ3v) is 5.32. The number of aryl methyl sites for hydroxylation is 1. The SMILES string of the molecule is CCCN1C(=O)S[C@@H](Cc2cc(C(C)C)c(OCC)cc2C)C1=O. The molecule has 5 heteroatoms. The van der Waals surface area contributed by atoms with Crippen LogP contribution in [0.2, 0.25) is 0 Å². The highest BCUT2D eigenvalue weighted by molar-refractivity contribution is 8.15. The lowest BCUT2D eigenvalue weighted by Gasteiger charge is -2.18. The quantitative estimate of drug-likeness (QED) is 0.725. The molecule has 4 nitrogen and oxygen atoms in total. The molecule has 0 aliphatic carbocycles. The van der Waals surface area contributed by atoms with E-state index < -0.39 is 0 Å². The van der Waals surface area contributed by atoms with Crippen LogP contribution < -0.4 is 4.74 Å². The normalized spacial score (nSPS) is 17.9. The minimum atomic E-state index is -0.305. The van der Waals surface area contributed by atoms with Crippen LogP contribution in [-0.2, 0) is 11.2 Å². The number of thioether (sulfide) groups is 1. The molecular weight excluding hydrogens is 322 g/mol. The molecule has 2 rings (SSSR count). The number of carbonyl (C=O) groups is 2. The van der Waals surface area contributed by atoms with Crippen molar-refractivity contribution in [2.45, 2.75) is 58.6 Å². The summed E-state index contributed by atoms with van der Waals surface area (Å²) >= 11 is 1.16. The van der Waals surface area contributed by atoms with E-state index in [-0.39, 0.29) is 16.4 Å². The average Bonchev–Trinajstić information content (AvgIpc) is 2.78. The van der Waals surface area contributed by atoms with E-state index in [2.05, 4.69) is 26.0 Å². The van der Waals surface area contributed by atoms with Gasteiger partial charge in [-0.2, -0.15) is 0 Å². The number of hydrogen-bond acceptors (Lipinski definition) is 4. The zero-order valence-electron chi connectivity index (χ0n) is 15.2. The van der Waals surface area contributed by atoms with Gasteiger partial charge in [-0.1, -0.05) is 38.6 Å². The van der Waals surface area contributed by atoms with Gasteiger partial charge in [0.1, 0.15) is 5.75 Å². The maximum Gasteiger partial charge on any atom is 0.289 e. The second-order valence-corrected chi connectivity index (χ2v) is 7.62. The minimum Gasteiger partial charge on any atom is -0.494 e. The Morgan fingerprint density at radius 2 is 1.96 bits per heavy atom. The van der Waals surface area contributed by atoms with Crippen molar-refractivity contribution in [2.24, 2.45) is 0 Å². The molecule has 132 valence electrons. The molecule has 1 aliphatic rings. The molecule has 1 aromatic carbocycles. The summed E-state index contributed by atoms with van der Waals surface area (Å²) in [5, 5.41) is -0.416. The fraction of sp³-hybridized carbons (Fsp3) is 0.579. The van der Waals surface area contributed by atoms with Gasteiger partial charge in [0.2, 0.25) is 5.91 Å². The van der Waals surface area contributed by atoms with Gasteiger partial charge in [-0.25, -0.2) is 0 Å². The van der Waals surface area contributed by atoms with Crippen molar-refractivity contribution >= 4 is 22.9 Å². The molecule has 1 atom stereocenters. The van der Waals surface area contributed by atoms with Crippen LogP contribution in [0.5, 0.6) is 5.75 Å². The second-order valence-electron chi connectivity index (χ2n) is 6.47. The summed E-state index contributed by atoms with van der Waals surface area (Å²) in [5.41, 5.74) is 3.39.